The van der Waals surface area contributed by atoms with Crippen LogP contribution in [0.1, 0.15) is 40.5 Å². The second kappa shape index (κ2) is 5.92. The quantitative estimate of drug-likeness (QED) is 0.855. The van der Waals surface area contributed by atoms with Crippen molar-refractivity contribution in [3.05, 3.63) is 35.2 Å². The molecule has 1 unspecified atom stereocenters. The first kappa shape index (κ1) is 14.8. The van der Waals surface area contributed by atoms with E-state index < -0.39 is 0 Å². The summed E-state index contributed by atoms with van der Waals surface area (Å²) in [4.78, 5) is 18.8. The van der Waals surface area contributed by atoms with Gasteiger partial charge in [0.05, 0.1) is 25.2 Å². The van der Waals surface area contributed by atoms with Crippen LogP contribution >= 0.6 is 0 Å². The smallest absolute Gasteiger partial charge is 0.276 e. The van der Waals surface area contributed by atoms with Crippen LogP contribution in [-0.2, 0) is 18.3 Å². The molecule has 0 saturated heterocycles. The van der Waals surface area contributed by atoms with Gasteiger partial charge in [-0.2, -0.15) is 0 Å². The molecule has 7 heteroatoms. The molecule has 3 rings (SSSR count). The van der Waals surface area contributed by atoms with Gasteiger partial charge in [-0.15, -0.1) is 0 Å². The largest absolute Gasteiger partial charge is 0.381 e. The highest BCUT2D eigenvalue weighted by Crippen LogP contribution is 2.28. The molecule has 2 aromatic rings. The SMILES string of the molecule is CCOCC1CN(C(=O)c2cc(C)on2)Cc2ncn(C)c21. The lowest BCUT2D eigenvalue weighted by Crippen LogP contribution is -2.40. The van der Waals surface area contributed by atoms with E-state index in [-0.39, 0.29) is 11.8 Å². The molecule has 1 aliphatic rings. The molecule has 1 amide bonds. The van der Waals surface area contributed by atoms with E-state index in [1.54, 1.807) is 24.2 Å². The number of carbonyl (C=O) groups excluding carboxylic acids is 1. The van der Waals surface area contributed by atoms with E-state index in [0.717, 1.165) is 11.4 Å². The van der Waals surface area contributed by atoms with Crippen molar-refractivity contribution >= 4 is 5.91 Å². The number of hydrogen-bond acceptors (Lipinski definition) is 5. The van der Waals surface area contributed by atoms with Crippen LogP contribution in [0.15, 0.2) is 16.9 Å². The Bertz CT molecular complexity index is 676. The number of carbonyl (C=O) groups is 1. The van der Waals surface area contributed by atoms with Crippen LogP contribution in [0.4, 0.5) is 0 Å². The summed E-state index contributed by atoms with van der Waals surface area (Å²) in [5, 5.41) is 3.82. The summed E-state index contributed by atoms with van der Waals surface area (Å²) in [5.74, 6) is 0.618. The Balaban J connectivity index is 1.85. The molecule has 7 nitrogen and oxygen atoms in total. The van der Waals surface area contributed by atoms with E-state index in [1.165, 1.54) is 0 Å². The first-order valence-corrected chi connectivity index (χ1v) is 7.40. The molecule has 0 aromatic carbocycles. The lowest BCUT2D eigenvalue weighted by Gasteiger charge is -2.32. The zero-order valence-electron chi connectivity index (χ0n) is 13.1. The third-order valence-corrected chi connectivity index (χ3v) is 3.89. The zero-order valence-corrected chi connectivity index (χ0v) is 13.1. The Kier molecular flexibility index (Phi) is 3.98. The summed E-state index contributed by atoms with van der Waals surface area (Å²) in [5.41, 5.74) is 2.41. The van der Waals surface area contributed by atoms with Crippen LogP contribution in [0.5, 0.6) is 0 Å². The van der Waals surface area contributed by atoms with Crippen molar-refractivity contribution in [1.29, 1.82) is 0 Å². The number of aryl methyl sites for hydroxylation is 2. The van der Waals surface area contributed by atoms with E-state index in [4.69, 9.17) is 9.26 Å². The van der Waals surface area contributed by atoms with Crippen LogP contribution in [0.2, 0.25) is 0 Å². The molecule has 22 heavy (non-hydrogen) atoms. The minimum atomic E-state index is -0.130. The maximum absolute atomic E-state index is 12.6. The summed E-state index contributed by atoms with van der Waals surface area (Å²) in [7, 11) is 1.98. The average molecular weight is 304 g/mol. The predicted octanol–water partition coefficient (Wildman–Crippen LogP) is 1.49. The van der Waals surface area contributed by atoms with Crippen LogP contribution in [-0.4, -0.2) is 45.3 Å². The lowest BCUT2D eigenvalue weighted by molar-refractivity contribution is 0.0635. The third kappa shape index (κ3) is 2.64. The average Bonchev–Trinajstić information content (AvgIpc) is 3.10. The Labute approximate surface area is 128 Å². The summed E-state index contributed by atoms with van der Waals surface area (Å²) in [6.45, 7) is 6.05. The van der Waals surface area contributed by atoms with Crippen LogP contribution in [0, 0.1) is 6.92 Å². The zero-order chi connectivity index (χ0) is 15.7. The first-order valence-electron chi connectivity index (χ1n) is 7.40. The van der Waals surface area contributed by atoms with Gasteiger partial charge in [0.15, 0.2) is 5.69 Å². The molecule has 118 valence electrons. The van der Waals surface area contributed by atoms with Gasteiger partial charge in [-0.3, -0.25) is 4.79 Å². The van der Waals surface area contributed by atoms with Crippen molar-refractivity contribution in [2.24, 2.45) is 7.05 Å². The van der Waals surface area contributed by atoms with Crippen molar-refractivity contribution in [3.63, 3.8) is 0 Å². The summed E-state index contributed by atoms with van der Waals surface area (Å²) in [6.07, 6.45) is 1.79. The van der Waals surface area contributed by atoms with Gasteiger partial charge in [0.1, 0.15) is 5.76 Å². The van der Waals surface area contributed by atoms with Crippen molar-refractivity contribution in [2.45, 2.75) is 26.3 Å². The molecule has 0 N–H and O–H groups in total. The summed E-state index contributed by atoms with van der Waals surface area (Å²) in [6, 6.07) is 1.66. The molecule has 1 atom stereocenters. The molecule has 0 saturated carbocycles. The Hall–Kier alpha value is -2.15. The third-order valence-electron chi connectivity index (χ3n) is 3.89. The van der Waals surface area contributed by atoms with Crippen LogP contribution < -0.4 is 0 Å². The van der Waals surface area contributed by atoms with E-state index >= 15 is 0 Å². The Morgan fingerprint density at radius 2 is 2.36 bits per heavy atom. The first-order chi connectivity index (χ1) is 10.6. The van der Waals surface area contributed by atoms with Gasteiger partial charge in [0, 0.05) is 37.9 Å². The molecule has 0 spiro atoms. The number of fused-ring (bicyclic) bond motifs is 1. The summed E-state index contributed by atoms with van der Waals surface area (Å²) < 4.78 is 12.6. The van der Waals surface area contributed by atoms with Crippen molar-refractivity contribution in [1.82, 2.24) is 19.6 Å². The molecule has 0 aliphatic carbocycles. The van der Waals surface area contributed by atoms with E-state index in [0.29, 0.717) is 37.8 Å². The second-order valence-electron chi connectivity index (χ2n) is 5.55. The topological polar surface area (TPSA) is 73.4 Å². The fraction of sp³-hybridized carbons (Fsp3) is 0.533. The summed E-state index contributed by atoms with van der Waals surface area (Å²) >= 11 is 0. The maximum Gasteiger partial charge on any atom is 0.276 e. The highest BCUT2D eigenvalue weighted by atomic mass is 16.5. The van der Waals surface area contributed by atoms with E-state index in [2.05, 4.69) is 10.1 Å². The van der Waals surface area contributed by atoms with Crippen molar-refractivity contribution < 1.29 is 14.1 Å². The maximum atomic E-state index is 12.6. The normalized spacial score (nSPS) is 17.6. The van der Waals surface area contributed by atoms with Crippen molar-refractivity contribution in [2.75, 3.05) is 19.8 Å². The van der Waals surface area contributed by atoms with Gasteiger partial charge < -0.3 is 18.7 Å². The van der Waals surface area contributed by atoms with E-state index in [9.17, 15) is 4.79 Å². The highest BCUT2D eigenvalue weighted by Gasteiger charge is 2.32. The standard InChI is InChI=1S/C15H20N4O3/c1-4-21-8-11-6-19(7-13-14(11)18(3)9-16-13)15(20)12-5-10(2)22-17-12/h5,9,11H,4,6-8H2,1-3H3. The fourth-order valence-electron chi connectivity index (χ4n) is 2.91. The molecular weight excluding hydrogens is 284 g/mol. The minimum Gasteiger partial charge on any atom is -0.381 e. The lowest BCUT2D eigenvalue weighted by atomic mass is 9.98. The molecule has 0 radical (unpaired) electrons. The van der Waals surface area contributed by atoms with Gasteiger partial charge in [0.2, 0.25) is 0 Å². The number of hydrogen-bond donors (Lipinski definition) is 0. The van der Waals surface area contributed by atoms with Gasteiger partial charge >= 0.3 is 0 Å². The fourth-order valence-corrected chi connectivity index (χ4v) is 2.91. The Morgan fingerprint density at radius 1 is 1.55 bits per heavy atom. The number of nitrogens with zero attached hydrogens (tertiary/aromatic N) is 4. The van der Waals surface area contributed by atoms with Crippen LogP contribution in [0.25, 0.3) is 0 Å². The highest BCUT2D eigenvalue weighted by molar-refractivity contribution is 5.92. The molecule has 3 heterocycles. The molecule has 0 bridgehead atoms. The van der Waals surface area contributed by atoms with Gasteiger partial charge in [-0.05, 0) is 13.8 Å². The number of rotatable bonds is 4. The van der Waals surface area contributed by atoms with Gasteiger partial charge in [-0.25, -0.2) is 4.98 Å². The van der Waals surface area contributed by atoms with E-state index in [1.807, 2.05) is 18.5 Å². The number of ether oxygens (including phenoxy) is 1. The van der Waals surface area contributed by atoms with Gasteiger partial charge in [-0.1, -0.05) is 5.16 Å². The molecule has 2 aromatic heterocycles. The van der Waals surface area contributed by atoms with Gasteiger partial charge in [0.25, 0.3) is 5.91 Å². The minimum absolute atomic E-state index is 0.119. The Morgan fingerprint density at radius 3 is 3.05 bits per heavy atom. The number of imidazole rings is 1. The molecule has 1 aliphatic heterocycles. The molecule has 0 fully saturated rings. The number of aromatic nitrogens is 3. The van der Waals surface area contributed by atoms with Crippen LogP contribution in [0.3, 0.4) is 0 Å². The number of amides is 1. The predicted molar refractivity (Wildman–Crippen MR) is 78.4 cm³/mol. The van der Waals surface area contributed by atoms with Crippen molar-refractivity contribution in [3.8, 4) is 0 Å². The monoisotopic (exact) mass is 304 g/mol. The second-order valence-corrected chi connectivity index (χ2v) is 5.55. The molecular formula is C15H20N4O3.